The van der Waals surface area contributed by atoms with Crippen molar-refractivity contribution in [3.8, 4) is 5.69 Å². The first-order valence-electron chi connectivity index (χ1n) is 8.20. The minimum Gasteiger partial charge on any atom is -0.369 e. The maximum absolute atomic E-state index is 4.48. The number of hydrogen-bond donors (Lipinski definition) is 0. The van der Waals surface area contributed by atoms with Gasteiger partial charge in [-0.15, -0.1) is 5.10 Å². The molecule has 0 atom stereocenters. The van der Waals surface area contributed by atoms with Crippen LogP contribution in [0.2, 0.25) is 0 Å². The third kappa shape index (κ3) is 2.89. The van der Waals surface area contributed by atoms with Crippen LogP contribution in [0.25, 0.3) is 16.9 Å². The number of rotatable bonds is 3. The summed E-state index contributed by atoms with van der Waals surface area (Å²) >= 11 is 3.41. The highest BCUT2D eigenvalue weighted by Crippen LogP contribution is 2.21. The van der Waals surface area contributed by atoms with Crippen LogP contribution in [-0.2, 0) is 0 Å². The predicted molar refractivity (Wildman–Crippen MR) is 98.7 cm³/mol. The smallest absolute Gasteiger partial charge is 0.184 e. The fourth-order valence-electron chi connectivity index (χ4n) is 3.09. The zero-order valence-electron chi connectivity index (χ0n) is 13.6. The van der Waals surface area contributed by atoms with Crippen molar-refractivity contribution < 1.29 is 0 Å². The van der Waals surface area contributed by atoms with Gasteiger partial charge in [-0.25, -0.2) is 4.98 Å². The van der Waals surface area contributed by atoms with E-state index < -0.39 is 0 Å². The summed E-state index contributed by atoms with van der Waals surface area (Å²) in [4.78, 5) is 9.40. The van der Waals surface area contributed by atoms with E-state index in [-0.39, 0.29) is 0 Å². The van der Waals surface area contributed by atoms with Gasteiger partial charge in [-0.2, -0.15) is 4.68 Å². The molecule has 1 aromatic carbocycles. The highest BCUT2D eigenvalue weighted by atomic mass is 79.9. The van der Waals surface area contributed by atoms with Crippen LogP contribution in [0.4, 0.5) is 5.69 Å². The second kappa shape index (κ2) is 6.49. The molecule has 6 nitrogen and oxygen atoms in total. The topological polar surface area (TPSA) is 50.1 Å². The maximum Gasteiger partial charge on any atom is 0.184 e. The number of hydrogen-bond acceptors (Lipinski definition) is 5. The summed E-state index contributed by atoms with van der Waals surface area (Å²) in [6, 6.07) is 12.3. The van der Waals surface area contributed by atoms with Crippen molar-refractivity contribution in [3.05, 3.63) is 41.0 Å². The van der Waals surface area contributed by atoms with Crippen molar-refractivity contribution in [1.29, 1.82) is 0 Å². The van der Waals surface area contributed by atoms with Crippen LogP contribution < -0.4 is 4.90 Å². The molecule has 0 aliphatic carbocycles. The summed E-state index contributed by atoms with van der Waals surface area (Å²) < 4.78 is 2.56. The number of nitrogens with zero attached hydrogens (tertiary/aromatic N) is 6. The van der Waals surface area contributed by atoms with Gasteiger partial charge in [-0.1, -0.05) is 12.1 Å². The molecule has 2 aromatic heterocycles. The Kier molecular flexibility index (Phi) is 4.20. The van der Waals surface area contributed by atoms with Crippen LogP contribution in [-0.4, -0.2) is 57.6 Å². The Morgan fingerprint density at radius 1 is 0.958 bits per heavy atom. The quantitative estimate of drug-likeness (QED) is 0.647. The number of piperazine rings is 1. The lowest BCUT2D eigenvalue weighted by molar-refractivity contribution is 0.271. The molecule has 0 N–H and O–H groups in total. The SMILES string of the molecule is CCN1CCN(c2ccc(-n3nnc4ccc(Br)nc43)cc2)CC1. The Balaban J connectivity index is 1.58. The second-order valence-electron chi connectivity index (χ2n) is 5.92. The normalized spacial score (nSPS) is 16.0. The Labute approximate surface area is 149 Å². The standard InChI is InChI=1S/C17H19BrN6/c1-2-22-9-11-23(12-10-22)13-3-5-14(6-4-13)24-17-15(20-21-24)7-8-16(18)19-17/h3-8H,2,9-12H2,1H3. The van der Waals surface area contributed by atoms with E-state index in [9.17, 15) is 0 Å². The van der Waals surface area contributed by atoms with E-state index in [0.717, 1.165) is 54.2 Å². The molecule has 4 rings (SSSR count). The average Bonchev–Trinajstić information content (AvgIpc) is 3.05. The van der Waals surface area contributed by atoms with Gasteiger partial charge in [-0.05, 0) is 58.9 Å². The van der Waals surface area contributed by atoms with Crippen molar-refractivity contribution in [2.75, 3.05) is 37.6 Å². The largest absolute Gasteiger partial charge is 0.369 e. The lowest BCUT2D eigenvalue weighted by Gasteiger charge is -2.35. The molecule has 0 amide bonds. The van der Waals surface area contributed by atoms with Crippen LogP contribution in [0.15, 0.2) is 41.0 Å². The molecule has 1 aliphatic rings. The van der Waals surface area contributed by atoms with Gasteiger partial charge in [0.25, 0.3) is 0 Å². The van der Waals surface area contributed by atoms with E-state index in [4.69, 9.17) is 0 Å². The number of fused-ring (bicyclic) bond motifs is 1. The number of benzene rings is 1. The van der Waals surface area contributed by atoms with Gasteiger partial charge in [0, 0.05) is 31.9 Å². The van der Waals surface area contributed by atoms with Crippen molar-refractivity contribution >= 4 is 32.8 Å². The number of likely N-dealkylation sites (N-methyl/N-ethyl adjacent to an activating group) is 1. The lowest BCUT2D eigenvalue weighted by Crippen LogP contribution is -2.46. The van der Waals surface area contributed by atoms with E-state index in [0.29, 0.717) is 0 Å². The highest BCUT2D eigenvalue weighted by Gasteiger charge is 2.16. The summed E-state index contributed by atoms with van der Waals surface area (Å²) in [6.45, 7) is 7.77. The first-order chi connectivity index (χ1) is 11.7. The van der Waals surface area contributed by atoms with Gasteiger partial charge in [-0.3, -0.25) is 0 Å². The van der Waals surface area contributed by atoms with E-state index >= 15 is 0 Å². The van der Waals surface area contributed by atoms with E-state index in [1.807, 2.05) is 12.1 Å². The molecule has 0 unspecified atom stereocenters. The molecule has 24 heavy (non-hydrogen) atoms. The van der Waals surface area contributed by atoms with Gasteiger partial charge in [0.1, 0.15) is 10.1 Å². The van der Waals surface area contributed by atoms with Crippen molar-refractivity contribution in [2.45, 2.75) is 6.92 Å². The van der Waals surface area contributed by atoms with Gasteiger partial charge in [0.05, 0.1) is 5.69 Å². The van der Waals surface area contributed by atoms with Gasteiger partial charge >= 0.3 is 0 Å². The Bertz CT molecular complexity index is 836. The predicted octanol–water partition coefficient (Wildman–Crippen LogP) is 2.72. The third-order valence-electron chi connectivity index (χ3n) is 4.54. The molecule has 1 aliphatic heterocycles. The molecule has 124 valence electrons. The Morgan fingerprint density at radius 3 is 2.38 bits per heavy atom. The first kappa shape index (κ1) is 15.5. The van der Waals surface area contributed by atoms with Crippen molar-refractivity contribution in [3.63, 3.8) is 0 Å². The minimum absolute atomic E-state index is 0.758. The Morgan fingerprint density at radius 2 is 1.67 bits per heavy atom. The fourth-order valence-corrected chi connectivity index (χ4v) is 3.39. The minimum atomic E-state index is 0.758. The van der Waals surface area contributed by atoms with Gasteiger partial charge < -0.3 is 9.80 Å². The zero-order chi connectivity index (χ0) is 16.5. The van der Waals surface area contributed by atoms with Crippen LogP contribution in [0.5, 0.6) is 0 Å². The molecule has 0 bridgehead atoms. The zero-order valence-corrected chi connectivity index (χ0v) is 15.1. The number of halogens is 1. The lowest BCUT2D eigenvalue weighted by atomic mass is 10.2. The fraction of sp³-hybridized carbons (Fsp3) is 0.353. The molecule has 0 radical (unpaired) electrons. The number of anilines is 1. The van der Waals surface area contributed by atoms with Crippen LogP contribution in [0.3, 0.4) is 0 Å². The number of pyridine rings is 1. The van der Waals surface area contributed by atoms with E-state index in [1.165, 1.54) is 5.69 Å². The summed E-state index contributed by atoms with van der Waals surface area (Å²) in [7, 11) is 0. The summed E-state index contributed by atoms with van der Waals surface area (Å²) in [5, 5.41) is 8.41. The van der Waals surface area contributed by atoms with E-state index in [1.54, 1.807) is 4.68 Å². The molecule has 3 heterocycles. The average molecular weight is 387 g/mol. The summed E-state index contributed by atoms with van der Waals surface area (Å²) in [5.74, 6) is 0. The molecular weight excluding hydrogens is 368 g/mol. The molecule has 1 saturated heterocycles. The highest BCUT2D eigenvalue weighted by molar-refractivity contribution is 9.10. The van der Waals surface area contributed by atoms with Crippen LogP contribution in [0.1, 0.15) is 6.92 Å². The van der Waals surface area contributed by atoms with Crippen LogP contribution >= 0.6 is 15.9 Å². The molecular formula is C17H19BrN6. The molecule has 0 spiro atoms. The van der Waals surface area contributed by atoms with Crippen molar-refractivity contribution in [1.82, 2.24) is 24.9 Å². The maximum atomic E-state index is 4.48. The first-order valence-corrected chi connectivity index (χ1v) is 8.99. The van der Waals surface area contributed by atoms with E-state index in [2.05, 4.69) is 72.2 Å². The van der Waals surface area contributed by atoms with Gasteiger partial charge in [0.2, 0.25) is 0 Å². The monoisotopic (exact) mass is 386 g/mol. The summed E-state index contributed by atoms with van der Waals surface area (Å²) in [5.41, 5.74) is 3.78. The molecule has 0 saturated carbocycles. The van der Waals surface area contributed by atoms with Gasteiger partial charge in [0.15, 0.2) is 5.65 Å². The molecule has 3 aromatic rings. The third-order valence-corrected chi connectivity index (χ3v) is 4.98. The Hall–Kier alpha value is -1.99. The molecule has 1 fully saturated rings. The second-order valence-corrected chi connectivity index (χ2v) is 6.73. The molecule has 7 heteroatoms. The van der Waals surface area contributed by atoms with Crippen LogP contribution in [0, 0.1) is 0 Å². The summed E-state index contributed by atoms with van der Waals surface area (Å²) in [6.07, 6.45) is 0. The number of aromatic nitrogens is 4. The van der Waals surface area contributed by atoms with Crippen molar-refractivity contribution in [2.24, 2.45) is 0 Å².